The van der Waals surface area contributed by atoms with E-state index < -0.39 is 0 Å². The summed E-state index contributed by atoms with van der Waals surface area (Å²) in [4.78, 5) is 14.6. The molecule has 5 heteroatoms. The van der Waals surface area contributed by atoms with E-state index in [0.29, 0.717) is 25.5 Å². The zero-order valence-electron chi connectivity index (χ0n) is 12.8. The quantitative estimate of drug-likeness (QED) is 0.854. The molecule has 3 unspecified atom stereocenters. The first-order chi connectivity index (χ1) is 10.7. The van der Waals surface area contributed by atoms with Crippen LogP contribution in [-0.4, -0.2) is 49.8 Å². The van der Waals surface area contributed by atoms with Crippen LogP contribution < -0.4 is 0 Å². The number of ether oxygens (including phenoxy) is 2. The maximum absolute atomic E-state index is 12.9. The Labute approximate surface area is 130 Å². The Balaban J connectivity index is 1.65. The summed E-state index contributed by atoms with van der Waals surface area (Å²) in [6.45, 7) is 1.95. The lowest BCUT2D eigenvalue weighted by Gasteiger charge is -2.37. The average molecular weight is 307 g/mol. The molecule has 0 spiro atoms. The standard InChI is InChI=1S/C17H22FNO3/c1-21-11-13-8-15-16(9-13)22-7-6-19(15)17(20)10-12-2-4-14(18)5-3-12/h2-5,13,15-16H,6-11H2,1H3. The maximum Gasteiger partial charge on any atom is 0.227 e. The summed E-state index contributed by atoms with van der Waals surface area (Å²) in [6.07, 6.45) is 2.34. The minimum atomic E-state index is -0.277. The first kappa shape index (κ1) is 15.4. The molecule has 1 aromatic rings. The molecule has 1 aliphatic carbocycles. The van der Waals surface area contributed by atoms with Crippen LogP contribution in [0.15, 0.2) is 24.3 Å². The van der Waals surface area contributed by atoms with Crippen LogP contribution in [0.4, 0.5) is 4.39 Å². The van der Waals surface area contributed by atoms with E-state index in [-0.39, 0.29) is 23.9 Å². The third-order valence-corrected chi connectivity index (χ3v) is 4.63. The van der Waals surface area contributed by atoms with Crippen molar-refractivity contribution >= 4 is 5.91 Å². The van der Waals surface area contributed by atoms with Crippen molar-refractivity contribution < 1.29 is 18.7 Å². The molecular weight excluding hydrogens is 285 g/mol. The maximum atomic E-state index is 12.9. The number of fused-ring (bicyclic) bond motifs is 1. The van der Waals surface area contributed by atoms with Gasteiger partial charge in [-0.1, -0.05) is 12.1 Å². The van der Waals surface area contributed by atoms with Gasteiger partial charge in [0.25, 0.3) is 0 Å². The molecule has 1 aliphatic heterocycles. The molecule has 0 radical (unpaired) electrons. The molecule has 0 N–H and O–H groups in total. The van der Waals surface area contributed by atoms with E-state index in [2.05, 4.69) is 0 Å². The van der Waals surface area contributed by atoms with Crippen LogP contribution in [0.1, 0.15) is 18.4 Å². The summed E-state index contributed by atoms with van der Waals surface area (Å²) in [5.41, 5.74) is 0.848. The Hall–Kier alpha value is -1.46. The topological polar surface area (TPSA) is 38.8 Å². The van der Waals surface area contributed by atoms with Crippen LogP contribution >= 0.6 is 0 Å². The van der Waals surface area contributed by atoms with Crippen LogP contribution in [0.2, 0.25) is 0 Å². The molecule has 1 heterocycles. The van der Waals surface area contributed by atoms with Crippen molar-refractivity contribution in [1.29, 1.82) is 0 Å². The number of amides is 1. The monoisotopic (exact) mass is 307 g/mol. The van der Waals surface area contributed by atoms with Crippen LogP contribution in [0.5, 0.6) is 0 Å². The van der Waals surface area contributed by atoms with Gasteiger partial charge in [0.15, 0.2) is 0 Å². The van der Waals surface area contributed by atoms with E-state index in [4.69, 9.17) is 9.47 Å². The van der Waals surface area contributed by atoms with Crippen molar-refractivity contribution in [3.05, 3.63) is 35.6 Å². The van der Waals surface area contributed by atoms with Crippen molar-refractivity contribution in [2.45, 2.75) is 31.4 Å². The Bertz CT molecular complexity index is 519. The van der Waals surface area contributed by atoms with Gasteiger partial charge in [0.05, 0.1) is 25.2 Å². The number of halogens is 1. The molecule has 1 saturated carbocycles. The Kier molecular flexibility index (Phi) is 4.74. The van der Waals surface area contributed by atoms with Gasteiger partial charge in [-0.3, -0.25) is 4.79 Å². The van der Waals surface area contributed by atoms with Gasteiger partial charge in [0, 0.05) is 20.3 Å². The lowest BCUT2D eigenvalue weighted by atomic mass is 10.1. The molecule has 22 heavy (non-hydrogen) atoms. The van der Waals surface area contributed by atoms with E-state index in [1.54, 1.807) is 19.2 Å². The van der Waals surface area contributed by atoms with Crippen molar-refractivity contribution in [1.82, 2.24) is 4.90 Å². The van der Waals surface area contributed by atoms with Gasteiger partial charge >= 0.3 is 0 Å². The van der Waals surface area contributed by atoms with Crippen molar-refractivity contribution in [2.75, 3.05) is 26.9 Å². The number of carbonyl (C=O) groups excluding carboxylic acids is 1. The number of methoxy groups -OCH3 is 1. The number of morpholine rings is 1. The third-order valence-electron chi connectivity index (χ3n) is 4.63. The molecule has 0 aromatic heterocycles. The fraction of sp³-hybridized carbons (Fsp3) is 0.588. The Morgan fingerprint density at radius 3 is 2.86 bits per heavy atom. The normalized spacial score (nSPS) is 27.7. The highest BCUT2D eigenvalue weighted by Gasteiger charge is 2.42. The smallest absolute Gasteiger partial charge is 0.227 e. The van der Waals surface area contributed by atoms with E-state index in [1.165, 1.54) is 12.1 Å². The van der Waals surface area contributed by atoms with Gasteiger partial charge in [0.1, 0.15) is 5.82 Å². The largest absolute Gasteiger partial charge is 0.384 e. The van der Waals surface area contributed by atoms with E-state index in [0.717, 1.165) is 25.0 Å². The minimum absolute atomic E-state index is 0.1000. The second kappa shape index (κ2) is 6.75. The number of carbonyl (C=O) groups is 1. The number of hydrogen-bond donors (Lipinski definition) is 0. The van der Waals surface area contributed by atoms with Gasteiger partial charge in [-0.15, -0.1) is 0 Å². The lowest BCUT2D eigenvalue weighted by molar-refractivity contribution is -0.143. The number of hydrogen-bond acceptors (Lipinski definition) is 3. The van der Waals surface area contributed by atoms with E-state index in [9.17, 15) is 9.18 Å². The van der Waals surface area contributed by atoms with Crippen molar-refractivity contribution in [3.8, 4) is 0 Å². The summed E-state index contributed by atoms with van der Waals surface area (Å²) in [5.74, 6) is 0.281. The molecule has 3 rings (SSSR count). The SMILES string of the molecule is COCC1CC2OCCN(C(=O)Cc3ccc(F)cc3)C2C1. The molecule has 3 atom stereocenters. The van der Waals surface area contributed by atoms with Crippen molar-refractivity contribution in [2.24, 2.45) is 5.92 Å². The highest BCUT2D eigenvalue weighted by Crippen LogP contribution is 2.34. The van der Waals surface area contributed by atoms with E-state index in [1.807, 2.05) is 4.90 Å². The zero-order valence-corrected chi connectivity index (χ0v) is 12.8. The molecule has 4 nitrogen and oxygen atoms in total. The first-order valence-corrected chi connectivity index (χ1v) is 7.82. The Morgan fingerprint density at radius 1 is 1.36 bits per heavy atom. The number of nitrogens with zero attached hydrogens (tertiary/aromatic N) is 1. The lowest BCUT2D eigenvalue weighted by Crippen LogP contribution is -2.51. The first-order valence-electron chi connectivity index (χ1n) is 7.82. The molecular formula is C17H22FNO3. The average Bonchev–Trinajstić information content (AvgIpc) is 2.92. The molecule has 1 aromatic carbocycles. The van der Waals surface area contributed by atoms with Gasteiger partial charge in [-0.2, -0.15) is 0 Å². The van der Waals surface area contributed by atoms with Crippen LogP contribution in [0, 0.1) is 11.7 Å². The highest BCUT2D eigenvalue weighted by molar-refractivity contribution is 5.79. The van der Waals surface area contributed by atoms with E-state index >= 15 is 0 Å². The molecule has 1 amide bonds. The number of rotatable bonds is 4. The zero-order chi connectivity index (χ0) is 15.5. The predicted molar refractivity (Wildman–Crippen MR) is 79.9 cm³/mol. The minimum Gasteiger partial charge on any atom is -0.384 e. The molecule has 2 fully saturated rings. The van der Waals surface area contributed by atoms with Crippen LogP contribution in [-0.2, 0) is 20.7 Å². The molecule has 2 aliphatic rings. The predicted octanol–water partition coefficient (Wildman–Crippen LogP) is 2.02. The van der Waals surface area contributed by atoms with Crippen LogP contribution in [0.25, 0.3) is 0 Å². The second-order valence-corrected chi connectivity index (χ2v) is 6.16. The van der Waals surface area contributed by atoms with Gasteiger partial charge in [-0.25, -0.2) is 4.39 Å². The summed E-state index contributed by atoms with van der Waals surface area (Å²) in [6, 6.07) is 6.30. The van der Waals surface area contributed by atoms with Gasteiger partial charge < -0.3 is 14.4 Å². The number of benzene rings is 1. The summed E-state index contributed by atoms with van der Waals surface area (Å²) in [7, 11) is 1.71. The fourth-order valence-electron chi connectivity index (χ4n) is 3.61. The van der Waals surface area contributed by atoms with Crippen molar-refractivity contribution in [3.63, 3.8) is 0 Å². The molecule has 0 bridgehead atoms. The van der Waals surface area contributed by atoms with Crippen LogP contribution in [0.3, 0.4) is 0 Å². The molecule has 1 saturated heterocycles. The Morgan fingerprint density at radius 2 is 2.14 bits per heavy atom. The summed E-state index contributed by atoms with van der Waals surface area (Å²) in [5, 5.41) is 0. The van der Waals surface area contributed by atoms with Gasteiger partial charge in [0.2, 0.25) is 5.91 Å². The molecule has 120 valence electrons. The van der Waals surface area contributed by atoms with Gasteiger partial charge in [-0.05, 0) is 36.5 Å². The summed E-state index contributed by atoms with van der Waals surface area (Å²) < 4.78 is 24.0. The summed E-state index contributed by atoms with van der Waals surface area (Å²) >= 11 is 0. The fourth-order valence-corrected chi connectivity index (χ4v) is 3.61. The highest BCUT2D eigenvalue weighted by atomic mass is 19.1. The third kappa shape index (κ3) is 3.31. The second-order valence-electron chi connectivity index (χ2n) is 6.16.